The molecule has 0 bridgehead atoms. The quantitative estimate of drug-likeness (QED) is 0.607. The van der Waals surface area contributed by atoms with Crippen LogP contribution in [0.5, 0.6) is 0 Å². The van der Waals surface area contributed by atoms with E-state index in [0.717, 1.165) is 17.9 Å². The highest BCUT2D eigenvalue weighted by Crippen LogP contribution is 2.13. The average Bonchev–Trinajstić information content (AvgIpc) is 2.04. The summed E-state index contributed by atoms with van der Waals surface area (Å²) in [4.78, 5) is 0. The SMILES string of the molecule is CCCC(C)CC/C=C(\C)CO. The van der Waals surface area contributed by atoms with Gasteiger partial charge in [0.2, 0.25) is 0 Å². The van der Waals surface area contributed by atoms with Crippen LogP contribution in [0.3, 0.4) is 0 Å². The molecule has 0 rings (SSSR count). The molecule has 0 aromatic rings. The second-order valence-electron chi connectivity index (χ2n) is 3.68. The smallest absolute Gasteiger partial charge is 0.0639 e. The molecule has 1 heteroatoms. The molecule has 0 saturated carbocycles. The maximum Gasteiger partial charge on any atom is 0.0639 e. The Bertz CT molecular complexity index is 127. The van der Waals surface area contributed by atoms with Gasteiger partial charge in [0.15, 0.2) is 0 Å². The predicted molar refractivity (Wildman–Crippen MR) is 54.1 cm³/mol. The maximum atomic E-state index is 8.74. The van der Waals surface area contributed by atoms with Crippen molar-refractivity contribution in [3.8, 4) is 0 Å². The summed E-state index contributed by atoms with van der Waals surface area (Å²) in [5, 5.41) is 8.74. The third-order valence-corrected chi connectivity index (χ3v) is 2.18. The van der Waals surface area contributed by atoms with Crippen LogP contribution in [0.1, 0.15) is 46.5 Å². The molecule has 0 aromatic carbocycles. The van der Waals surface area contributed by atoms with Gasteiger partial charge in [-0.25, -0.2) is 0 Å². The minimum atomic E-state index is 0.210. The molecule has 0 heterocycles. The average molecular weight is 170 g/mol. The van der Waals surface area contributed by atoms with E-state index in [1.807, 2.05) is 6.92 Å². The zero-order valence-corrected chi connectivity index (χ0v) is 8.64. The molecular weight excluding hydrogens is 148 g/mol. The van der Waals surface area contributed by atoms with Gasteiger partial charge in [-0.05, 0) is 25.7 Å². The molecule has 0 fully saturated rings. The first-order chi connectivity index (χ1) is 5.70. The zero-order valence-electron chi connectivity index (χ0n) is 8.64. The molecule has 0 aliphatic carbocycles. The monoisotopic (exact) mass is 170 g/mol. The lowest BCUT2D eigenvalue weighted by atomic mass is 10.00. The fraction of sp³-hybridized carbons (Fsp3) is 0.818. The fourth-order valence-electron chi connectivity index (χ4n) is 1.32. The van der Waals surface area contributed by atoms with Crippen LogP contribution in [0.15, 0.2) is 11.6 Å². The van der Waals surface area contributed by atoms with Crippen molar-refractivity contribution in [2.45, 2.75) is 46.5 Å². The van der Waals surface area contributed by atoms with E-state index in [9.17, 15) is 0 Å². The molecule has 72 valence electrons. The van der Waals surface area contributed by atoms with Gasteiger partial charge in [-0.1, -0.05) is 38.3 Å². The first-order valence-corrected chi connectivity index (χ1v) is 4.97. The van der Waals surface area contributed by atoms with E-state index in [4.69, 9.17) is 5.11 Å². The number of rotatable bonds is 6. The highest BCUT2D eigenvalue weighted by atomic mass is 16.3. The number of aliphatic hydroxyl groups excluding tert-OH is 1. The molecule has 0 saturated heterocycles. The van der Waals surface area contributed by atoms with E-state index in [-0.39, 0.29) is 6.61 Å². The van der Waals surface area contributed by atoms with E-state index in [1.165, 1.54) is 19.3 Å². The molecule has 0 spiro atoms. The molecule has 0 aliphatic heterocycles. The van der Waals surface area contributed by atoms with Gasteiger partial charge in [0.05, 0.1) is 6.61 Å². The van der Waals surface area contributed by atoms with Crippen molar-refractivity contribution in [2.75, 3.05) is 6.61 Å². The Morgan fingerprint density at radius 2 is 2.08 bits per heavy atom. The molecule has 0 amide bonds. The Hall–Kier alpha value is -0.300. The Morgan fingerprint density at radius 1 is 1.42 bits per heavy atom. The minimum Gasteiger partial charge on any atom is -0.392 e. The summed E-state index contributed by atoms with van der Waals surface area (Å²) >= 11 is 0. The molecule has 1 atom stereocenters. The summed E-state index contributed by atoms with van der Waals surface area (Å²) in [6.45, 7) is 6.71. The van der Waals surface area contributed by atoms with Crippen LogP contribution in [0.2, 0.25) is 0 Å². The van der Waals surface area contributed by atoms with Gasteiger partial charge in [-0.2, -0.15) is 0 Å². The number of hydrogen-bond donors (Lipinski definition) is 1. The Morgan fingerprint density at radius 3 is 2.58 bits per heavy atom. The summed E-state index contributed by atoms with van der Waals surface area (Å²) in [6.07, 6.45) is 7.13. The highest BCUT2D eigenvalue weighted by Gasteiger charge is 1.98. The standard InChI is InChI=1S/C11H22O/c1-4-6-10(2)7-5-8-11(3)9-12/h8,10,12H,4-7,9H2,1-3H3/b11-8+. The van der Waals surface area contributed by atoms with Crippen molar-refractivity contribution in [1.82, 2.24) is 0 Å². The van der Waals surface area contributed by atoms with Crippen LogP contribution in [-0.4, -0.2) is 11.7 Å². The van der Waals surface area contributed by atoms with Crippen LogP contribution in [0.25, 0.3) is 0 Å². The van der Waals surface area contributed by atoms with Crippen molar-refractivity contribution in [3.05, 3.63) is 11.6 Å². The fourth-order valence-corrected chi connectivity index (χ4v) is 1.32. The van der Waals surface area contributed by atoms with Crippen molar-refractivity contribution in [1.29, 1.82) is 0 Å². The first kappa shape index (κ1) is 11.7. The van der Waals surface area contributed by atoms with Crippen LogP contribution >= 0.6 is 0 Å². The van der Waals surface area contributed by atoms with Crippen molar-refractivity contribution in [2.24, 2.45) is 5.92 Å². The van der Waals surface area contributed by atoms with Crippen molar-refractivity contribution < 1.29 is 5.11 Å². The first-order valence-electron chi connectivity index (χ1n) is 4.97. The Labute approximate surface area is 76.5 Å². The van der Waals surface area contributed by atoms with Crippen molar-refractivity contribution in [3.63, 3.8) is 0 Å². The second-order valence-corrected chi connectivity index (χ2v) is 3.68. The topological polar surface area (TPSA) is 20.2 Å². The van der Waals surface area contributed by atoms with E-state index < -0.39 is 0 Å². The molecule has 1 unspecified atom stereocenters. The Kier molecular flexibility index (Phi) is 7.17. The molecule has 0 aliphatic rings. The summed E-state index contributed by atoms with van der Waals surface area (Å²) in [5.74, 6) is 0.831. The lowest BCUT2D eigenvalue weighted by molar-refractivity contribution is 0.330. The van der Waals surface area contributed by atoms with E-state index in [2.05, 4.69) is 19.9 Å². The lowest BCUT2D eigenvalue weighted by Gasteiger charge is -2.07. The number of allylic oxidation sites excluding steroid dienone is 1. The summed E-state index contributed by atoms with van der Waals surface area (Å²) in [5.41, 5.74) is 1.10. The third kappa shape index (κ3) is 6.41. The molecule has 1 nitrogen and oxygen atoms in total. The van der Waals surface area contributed by atoms with E-state index in [0.29, 0.717) is 0 Å². The maximum absolute atomic E-state index is 8.74. The van der Waals surface area contributed by atoms with Crippen LogP contribution in [0.4, 0.5) is 0 Å². The van der Waals surface area contributed by atoms with Gasteiger partial charge in [-0.15, -0.1) is 0 Å². The normalized spacial score (nSPS) is 14.8. The molecule has 12 heavy (non-hydrogen) atoms. The predicted octanol–water partition coefficient (Wildman–Crippen LogP) is 3.14. The van der Waals surface area contributed by atoms with Crippen LogP contribution in [0, 0.1) is 5.92 Å². The summed E-state index contributed by atoms with van der Waals surface area (Å²) in [6, 6.07) is 0. The van der Waals surface area contributed by atoms with E-state index in [1.54, 1.807) is 0 Å². The lowest BCUT2D eigenvalue weighted by Crippen LogP contribution is -1.93. The second kappa shape index (κ2) is 7.35. The molecule has 0 radical (unpaired) electrons. The highest BCUT2D eigenvalue weighted by molar-refractivity contribution is 4.97. The molecule has 1 N–H and O–H groups in total. The number of hydrogen-bond acceptors (Lipinski definition) is 1. The van der Waals surface area contributed by atoms with Gasteiger partial charge >= 0.3 is 0 Å². The van der Waals surface area contributed by atoms with Crippen molar-refractivity contribution >= 4 is 0 Å². The number of aliphatic hydroxyl groups is 1. The molecular formula is C11H22O. The van der Waals surface area contributed by atoms with Gasteiger partial charge in [0.25, 0.3) is 0 Å². The Balaban J connectivity index is 3.41. The molecule has 0 aromatic heterocycles. The van der Waals surface area contributed by atoms with E-state index >= 15 is 0 Å². The van der Waals surface area contributed by atoms with Gasteiger partial charge < -0.3 is 5.11 Å². The van der Waals surface area contributed by atoms with Crippen LogP contribution in [-0.2, 0) is 0 Å². The van der Waals surface area contributed by atoms with Gasteiger partial charge in [0, 0.05) is 0 Å². The third-order valence-electron chi connectivity index (χ3n) is 2.18. The van der Waals surface area contributed by atoms with Crippen LogP contribution < -0.4 is 0 Å². The largest absolute Gasteiger partial charge is 0.392 e. The van der Waals surface area contributed by atoms with Gasteiger partial charge in [0.1, 0.15) is 0 Å². The van der Waals surface area contributed by atoms with Gasteiger partial charge in [-0.3, -0.25) is 0 Å². The zero-order chi connectivity index (χ0) is 9.40. The summed E-state index contributed by atoms with van der Waals surface area (Å²) < 4.78 is 0. The summed E-state index contributed by atoms with van der Waals surface area (Å²) in [7, 11) is 0. The minimum absolute atomic E-state index is 0.210.